The molecule has 0 unspecified atom stereocenters. The number of non-ortho nitro benzene ring substituents is 1. The molecular weight excluding hydrogens is 338 g/mol. The maximum absolute atomic E-state index is 12.1. The number of nitro benzene ring substituents is 1. The largest absolute Gasteiger partial charge is 0.357 e. The molecule has 0 saturated carbocycles. The molecule has 128 valence electrons. The highest BCUT2D eigenvalue weighted by molar-refractivity contribution is 8.05. The monoisotopic (exact) mass is 355 g/mol. The first kappa shape index (κ1) is 17.0. The van der Waals surface area contributed by atoms with Gasteiger partial charge in [0.15, 0.2) is 5.50 Å². The van der Waals surface area contributed by atoms with Crippen molar-refractivity contribution in [3.8, 4) is 0 Å². The Morgan fingerprint density at radius 2 is 1.88 bits per heavy atom. The summed E-state index contributed by atoms with van der Waals surface area (Å²) in [6.45, 7) is 2.10. The van der Waals surface area contributed by atoms with Crippen LogP contribution in [0.4, 0.5) is 11.4 Å². The van der Waals surface area contributed by atoms with Crippen LogP contribution in [0.5, 0.6) is 0 Å². The number of nitro groups is 1. The summed E-state index contributed by atoms with van der Waals surface area (Å²) in [6.07, 6.45) is 2.71. The van der Waals surface area contributed by atoms with Gasteiger partial charge in [-0.1, -0.05) is 30.8 Å². The lowest BCUT2D eigenvalue weighted by molar-refractivity contribution is -0.384. The highest BCUT2D eigenvalue weighted by atomic mass is 32.2. The number of hydrogen-bond donors (Lipinski definition) is 2. The number of anilines is 1. The van der Waals surface area contributed by atoms with Crippen molar-refractivity contribution in [3.63, 3.8) is 0 Å². The van der Waals surface area contributed by atoms with Gasteiger partial charge in [-0.25, -0.2) is 0 Å². The third kappa shape index (κ3) is 4.19. The van der Waals surface area contributed by atoms with E-state index in [1.165, 1.54) is 29.5 Å². The van der Waals surface area contributed by atoms with Crippen LogP contribution in [0.1, 0.15) is 18.1 Å². The molecule has 1 fully saturated rings. The standard InChI is InChI=1S/C18H17N3O3S/c1-2-12-3-7-14(8-4-12)19-18-20-17(22)16(25-18)11-13-5-9-15(10-6-13)21(23)24/h3-11,18-19H,2H2,1H3,(H,20,22)/b16-11-/t18-/m1/s1. The van der Waals surface area contributed by atoms with Crippen molar-refractivity contribution in [1.82, 2.24) is 5.32 Å². The van der Waals surface area contributed by atoms with E-state index in [0.717, 1.165) is 17.7 Å². The average Bonchev–Trinajstić information content (AvgIpc) is 2.95. The van der Waals surface area contributed by atoms with Gasteiger partial charge in [0, 0.05) is 17.8 Å². The smallest absolute Gasteiger partial charge is 0.269 e. The van der Waals surface area contributed by atoms with Crippen LogP contribution in [0.25, 0.3) is 6.08 Å². The number of hydrogen-bond acceptors (Lipinski definition) is 5. The molecule has 0 aromatic heterocycles. The lowest BCUT2D eigenvalue weighted by Gasteiger charge is -2.12. The Morgan fingerprint density at radius 3 is 2.48 bits per heavy atom. The van der Waals surface area contributed by atoms with Gasteiger partial charge in [-0.3, -0.25) is 14.9 Å². The molecule has 2 N–H and O–H groups in total. The van der Waals surface area contributed by atoms with Gasteiger partial charge in [0.25, 0.3) is 11.6 Å². The Labute approximate surface area is 149 Å². The van der Waals surface area contributed by atoms with Gasteiger partial charge >= 0.3 is 0 Å². The zero-order valence-electron chi connectivity index (χ0n) is 13.6. The average molecular weight is 355 g/mol. The summed E-state index contributed by atoms with van der Waals surface area (Å²) >= 11 is 1.38. The minimum Gasteiger partial charge on any atom is -0.357 e. The normalized spacial score (nSPS) is 18.2. The van der Waals surface area contributed by atoms with Gasteiger partial charge in [0.2, 0.25) is 0 Å². The van der Waals surface area contributed by atoms with Gasteiger partial charge in [-0.2, -0.15) is 0 Å². The summed E-state index contributed by atoms with van der Waals surface area (Å²) in [6, 6.07) is 14.2. The Bertz CT molecular complexity index is 816. The highest BCUT2D eigenvalue weighted by Crippen LogP contribution is 2.30. The molecular formula is C18H17N3O3S. The van der Waals surface area contributed by atoms with Crippen molar-refractivity contribution >= 4 is 35.1 Å². The number of nitrogens with zero attached hydrogens (tertiary/aromatic N) is 1. The number of aryl methyl sites for hydroxylation is 1. The van der Waals surface area contributed by atoms with Crippen molar-refractivity contribution in [2.24, 2.45) is 0 Å². The SMILES string of the molecule is CCc1ccc(N[C@@H]2NC(=O)/C(=C/c3ccc([N+](=O)[O-])cc3)S2)cc1. The second-order valence-electron chi connectivity index (χ2n) is 5.52. The fourth-order valence-corrected chi connectivity index (χ4v) is 3.38. The minimum atomic E-state index is -0.447. The van der Waals surface area contributed by atoms with Crippen molar-refractivity contribution < 1.29 is 9.72 Å². The van der Waals surface area contributed by atoms with E-state index in [0.29, 0.717) is 4.91 Å². The second-order valence-corrected chi connectivity index (χ2v) is 6.67. The van der Waals surface area contributed by atoms with E-state index in [9.17, 15) is 14.9 Å². The molecule has 1 amide bonds. The molecule has 3 rings (SSSR count). The predicted molar refractivity (Wildman–Crippen MR) is 100 cm³/mol. The zero-order chi connectivity index (χ0) is 17.8. The van der Waals surface area contributed by atoms with Crippen LogP contribution in [0.15, 0.2) is 53.4 Å². The minimum absolute atomic E-state index is 0.0285. The first-order valence-electron chi connectivity index (χ1n) is 7.84. The summed E-state index contributed by atoms with van der Waals surface area (Å²) in [4.78, 5) is 22.9. The molecule has 1 atom stereocenters. The van der Waals surface area contributed by atoms with Gasteiger partial charge < -0.3 is 10.6 Å². The maximum Gasteiger partial charge on any atom is 0.269 e. The topological polar surface area (TPSA) is 84.3 Å². The molecule has 1 aliphatic rings. The molecule has 1 saturated heterocycles. The Kier molecular flexibility index (Phi) is 5.04. The van der Waals surface area contributed by atoms with Crippen LogP contribution >= 0.6 is 11.8 Å². The van der Waals surface area contributed by atoms with Gasteiger partial charge in [-0.15, -0.1) is 0 Å². The van der Waals surface area contributed by atoms with Crippen LogP contribution in [0.2, 0.25) is 0 Å². The number of carbonyl (C=O) groups excluding carboxylic acids is 1. The van der Waals surface area contributed by atoms with Crippen molar-refractivity contribution in [2.45, 2.75) is 18.8 Å². The number of nitrogens with one attached hydrogen (secondary N) is 2. The molecule has 2 aromatic rings. The molecule has 0 radical (unpaired) electrons. The van der Waals surface area contributed by atoms with E-state index < -0.39 is 4.92 Å². The molecule has 7 heteroatoms. The Hall–Kier alpha value is -2.80. The number of thioether (sulfide) groups is 1. The van der Waals surface area contributed by atoms with Crippen molar-refractivity contribution in [1.29, 1.82) is 0 Å². The Balaban J connectivity index is 1.67. The maximum atomic E-state index is 12.1. The summed E-state index contributed by atoms with van der Waals surface area (Å²) in [5.41, 5.74) is 2.72. The molecule has 6 nitrogen and oxygen atoms in total. The third-order valence-electron chi connectivity index (χ3n) is 3.79. The quantitative estimate of drug-likeness (QED) is 0.485. The lowest BCUT2D eigenvalue weighted by atomic mass is 10.1. The van der Waals surface area contributed by atoms with Crippen molar-refractivity contribution in [2.75, 3.05) is 5.32 Å². The molecule has 0 bridgehead atoms. The van der Waals surface area contributed by atoms with Crippen molar-refractivity contribution in [3.05, 3.63) is 74.7 Å². The van der Waals surface area contributed by atoms with Crippen LogP contribution in [-0.2, 0) is 11.2 Å². The summed E-state index contributed by atoms with van der Waals surface area (Å²) in [5.74, 6) is -0.161. The van der Waals surface area contributed by atoms with E-state index in [-0.39, 0.29) is 17.1 Å². The third-order valence-corrected chi connectivity index (χ3v) is 4.82. The molecule has 0 spiro atoms. The predicted octanol–water partition coefficient (Wildman–Crippen LogP) is 3.76. The number of carbonyl (C=O) groups is 1. The molecule has 1 heterocycles. The molecule has 1 aliphatic heterocycles. The summed E-state index contributed by atoms with van der Waals surface area (Å²) < 4.78 is 0. The van der Waals surface area contributed by atoms with Crippen LogP contribution in [-0.4, -0.2) is 16.3 Å². The van der Waals surface area contributed by atoms with E-state index >= 15 is 0 Å². The first-order valence-corrected chi connectivity index (χ1v) is 8.72. The van der Waals surface area contributed by atoms with E-state index in [1.807, 2.05) is 12.1 Å². The number of benzene rings is 2. The van der Waals surface area contributed by atoms with Crippen LogP contribution < -0.4 is 10.6 Å². The molecule has 2 aromatic carbocycles. The Morgan fingerprint density at radius 1 is 1.20 bits per heavy atom. The number of amides is 1. The fraction of sp³-hybridized carbons (Fsp3) is 0.167. The fourth-order valence-electron chi connectivity index (χ4n) is 2.40. The van der Waals surface area contributed by atoms with Crippen LogP contribution in [0.3, 0.4) is 0 Å². The van der Waals surface area contributed by atoms with E-state index in [2.05, 4.69) is 29.7 Å². The lowest BCUT2D eigenvalue weighted by Crippen LogP contribution is -2.30. The molecule has 25 heavy (non-hydrogen) atoms. The highest BCUT2D eigenvalue weighted by Gasteiger charge is 2.27. The summed E-state index contributed by atoms with van der Waals surface area (Å²) in [5, 5.41) is 16.8. The van der Waals surface area contributed by atoms with Gasteiger partial charge in [0.1, 0.15) is 0 Å². The van der Waals surface area contributed by atoms with Gasteiger partial charge in [0.05, 0.1) is 9.83 Å². The van der Waals surface area contributed by atoms with Gasteiger partial charge in [-0.05, 0) is 47.9 Å². The zero-order valence-corrected chi connectivity index (χ0v) is 14.4. The summed E-state index contributed by atoms with van der Waals surface area (Å²) in [7, 11) is 0. The van der Waals surface area contributed by atoms with Crippen LogP contribution in [0, 0.1) is 10.1 Å². The first-order chi connectivity index (χ1) is 12.0. The van der Waals surface area contributed by atoms with E-state index in [1.54, 1.807) is 18.2 Å². The second kappa shape index (κ2) is 7.40. The molecule has 0 aliphatic carbocycles. The van der Waals surface area contributed by atoms with E-state index in [4.69, 9.17) is 0 Å². The number of rotatable bonds is 5.